The molecule has 3 nitrogen and oxygen atoms in total. The Labute approximate surface area is 95.7 Å². The Hall–Kier alpha value is -1.42. The van der Waals surface area contributed by atoms with Crippen LogP contribution in [0.2, 0.25) is 0 Å². The van der Waals surface area contributed by atoms with Crippen LogP contribution >= 0.6 is 0 Å². The van der Waals surface area contributed by atoms with Gasteiger partial charge in [0.05, 0.1) is 10.1 Å². The number of allylic oxidation sites excluding steroid dienone is 1. The number of carbonyl (C=O) groups is 1. The van der Waals surface area contributed by atoms with Gasteiger partial charge in [0.25, 0.3) is 0 Å². The average Bonchev–Trinajstić information content (AvgIpc) is 2.29. The van der Waals surface area contributed by atoms with Crippen molar-refractivity contribution in [2.75, 3.05) is 0 Å². The molecule has 1 aromatic rings. The molecule has 0 N–H and O–H groups in total. The van der Waals surface area contributed by atoms with Gasteiger partial charge in [0.1, 0.15) is 6.29 Å². The predicted octanol–water partition coefficient (Wildman–Crippen LogP) is 1.99. The van der Waals surface area contributed by atoms with E-state index in [4.69, 9.17) is 0 Å². The van der Waals surface area contributed by atoms with Gasteiger partial charge in [-0.1, -0.05) is 24.3 Å². The topological polar surface area (TPSA) is 51.2 Å². The van der Waals surface area contributed by atoms with Crippen LogP contribution in [0.5, 0.6) is 0 Å². The summed E-state index contributed by atoms with van der Waals surface area (Å²) >= 11 is 0. The van der Waals surface area contributed by atoms with Crippen LogP contribution in [-0.2, 0) is 14.6 Å². The third-order valence-electron chi connectivity index (χ3n) is 2.24. The Morgan fingerprint density at radius 2 is 1.81 bits per heavy atom. The smallest absolute Gasteiger partial charge is 0.184 e. The summed E-state index contributed by atoms with van der Waals surface area (Å²) in [5.41, 5.74) is 0.423. The summed E-state index contributed by atoms with van der Waals surface area (Å²) in [5.74, 6) is 0. The quantitative estimate of drug-likeness (QED) is 0.595. The molecule has 0 aliphatic carbocycles. The fourth-order valence-electron chi connectivity index (χ4n) is 1.32. The lowest BCUT2D eigenvalue weighted by Crippen LogP contribution is -2.16. The molecule has 0 saturated heterocycles. The summed E-state index contributed by atoms with van der Waals surface area (Å²) in [4.78, 5) is 10.7. The number of sulfone groups is 1. The number of hydrogen-bond acceptors (Lipinski definition) is 3. The lowest BCUT2D eigenvalue weighted by atomic mass is 10.3. The van der Waals surface area contributed by atoms with Crippen LogP contribution in [0.3, 0.4) is 0 Å². The van der Waals surface area contributed by atoms with E-state index in [9.17, 15) is 13.2 Å². The molecule has 86 valence electrons. The SMILES string of the molecule is C/C(C=O)=C\C(C)S(=O)(=O)c1ccccc1. The minimum Gasteiger partial charge on any atom is -0.298 e. The molecule has 1 unspecified atom stereocenters. The van der Waals surface area contributed by atoms with Crippen molar-refractivity contribution in [3.8, 4) is 0 Å². The number of hydrogen-bond donors (Lipinski definition) is 0. The third-order valence-corrected chi connectivity index (χ3v) is 4.29. The summed E-state index contributed by atoms with van der Waals surface area (Å²) in [5, 5.41) is -0.694. The summed E-state index contributed by atoms with van der Waals surface area (Å²) in [7, 11) is -3.38. The van der Waals surface area contributed by atoms with Crippen LogP contribution in [-0.4, -0.2) is 20.0 Å². The molecule has 0 heterocycles. The number of rotatable bonds is 4. The van der Waals surface area contributed by atoms with E-state index in [0.29, 0.717) is 11.9 Å². The summed E-state index contributed by atoms with van der Waals surface area (Å²) in [6, 6.07) is 8.22. The van der Waals surface area contributed by atoms with Crippen LogP contribution in [0.25, 0.3) is 0 Å². The van der Waals surface area contributed by atoms with Crippen molar-refractivity contribution in [1.82, 2.24) is 0 Å². The van der Waals surface area contributed by atoms with Crippen molar-refractivity contribution in [1.29, 1.82) is 0 Å². The minimum absolute atomic E-state index is 0.275. The molecule has 0 aliphatic heterocycles. The summed E-state index contributed by atoms with van der Waals surface area (Å²) in [6.45, 7) is 3.15. The van der Waals surface area contributed by atoms with Crippen molar-refractivity contribution in [2.24, 2.45) is 0 Å². The second-order valence-corrected chi connectivity index (χ2v) is 5.90. The number of aldehydes is 1. The number of carbonyl (C=O) groups excluding carboxylic acids is 1. The zero-order valence-electron chi connectivity index (χ0n) is 9.25. The first-order valence-corrected chi connectivity index (χ1v) is 6.45. The van der Waals surface area contributed by atoms with E-state index in [2.05, 4.69) is 0 Å². The van der Waals surface area contributed by atoms with Gasteiger partial charge in [-0.25, -0.2) is 8.42 Å². The zero-order chi connectivity index (χ0) is 12.2. The van der Waals surface area contributed by atoms with E-state index < -0.39 is 15.1 Å². The van der Waals surface area contributed by atoms with E-state index in [0.717, 1.165) is 0 Å². The highest BCUT2D eigenvalue weighted by Crippen LogP contribution is 2.16. The normalized spacial score (nSPS) is 14.5. The molecule has 4 heteroatoms. The molecule has 0 aliphatic rings. The highest BCUT2D eigenvalue weighted by molar-refractivity contribution is 7.92. The standard InChI is InChI=1S/C12H14O3S/c1-10(9-13)8-11(2)16(14,15)12-6-4-3-5-7-12/h3-9,11H,1-2H3/b10-8+. The zero-order valence-corrected chi connectivity index (χ0v) is 10.1. The highest BCUT2D eigenvalue weighted by atomic mass is 32.2. The van der Waals surface area contributed by atoms with Gasteiger partial charge in [0, 0.05) is 0 Å². The van der Waals surface area contributed by atoms with Crippen LogP contribution < -0.4 is 0 Å². The molecule has 0 spiro atoms. The fraction of sp³-hybridized carbons (Fsp3) is 0.250. The first-order valence-electron chi connectivity index (χ1n) is 4.91. The minimum atomic E-state index is -3.38. The van der Waals surface area contributed by atoms with E-state index >= 15 is 0 Å². The van der Waals surface area contributed by atoms with Crippen molar-refractivity contribution in [3.63, 3.8) is 0 Å². The third kappa shape index (κ3) is 2.79. The van der Waals surface area contributed by atoms with Gasteiger partial charge >= 0.3 is 0 Å². The maximum atomic E-state index is 12.0. The second-order valence-electron chi connectivity index (χ2n) is 3.59. The Kier molecular flexibility index (Phi) is 4.01. The van der Waals surface area contributed by atoms with Gasteiger partial charge in [-0.3, -0.25) is 4.79 Å². The van der Waals surface area contributed by atoms with Gasteiger partial charge in [-0.15, -0.1) is 0 Å². The molecule has 0 bridgehead atoms. The monoisotopic (exact) mass is 238 g/mol. The van der Waals surface area contributed by atoms with Gasteiger partial charge in [-0.05, 0) is 31.6 Å². The van der Waals surface area contributed by atoms with E-state index in [1.165, 1.54) is 6.08 Å². The molecule has 16 heavy (non-hydrogen) atoms. The molecule has 1 rings (SSSR count). The Balaban J connectivity index is 3.09. The molecule has 0 radical (unpaired) electrons. The van der Waals surface area contributed by atoms with Crippen LogP contribution in [0.1, 0.15) is 13.8 Å². The Bertz CT molecular complexity index is 486. The Morgan fingerprint density at radius 1 is 1.25 bits per heavy atom. The molecule has 0 saturated carbocycles. The largest absolute Gasteiger partial charge is 0.298 e. The maximum absolute atomic E-state index is 12.0. The van der Waals surface area contributed by atoms with Crippen molar-refractivity contribution >= 4 is 16.1 Å². The van der Waals surface area contributed by atoms with Crippen molar-refractivity contribution in [2.45, 2.75) is 24.0 Å². The fourth-order valence-corrected chi connectivity index (χ4v) is 2.68. The van der Waals surface area contributed by atoms with Gasteiger partial charge in [-0.2, -0.15) is 0 Å². The average molecular weight is 238 g/mol. The molecule has 0 amide bonds. The van der Waals surface area contributed by atoms with E-state index in [-0.39, 0.29) is 4.90 Å². The molecule has 0 fully saturated rings. The molecule has 0 aromatic heterocycles. The molecule has 1 atom stereocenters. The van der Waals surface area contributed by atoms with Crippen LogP contribution in [0.15, 0.2) is 46.9 Å². The molecular weight excluding hydrogens is 224 g/mol. The van der Waals surface area contributed by atoms with Gasteiger partial charge < -0.3 is 0 Å². The predicted molar refractivity (Wildman–Crippen MR) is 62.9 cm³/mol. The summed E-state index contributed by atoms with van der Waals surface area (Å²) in [6.07, 6.45) is 2.10. The Morgan fingerprint density at radius 3 is 2.31 bits per heavy atom. The lowest BCUT2D eigenvalue weighted by Gasteiger charge is -2.09. The maximum Gasteiger partial charge on any atom is 0.184 e. The highest BCUT2D eigenvalue weighted by Gasteiger charge is 2.20. The van der Waals surface area contributed by atoms with Crippen molar-refractivity contribution < 1.29 is 13.2 Å². The van der Waals surface area contributed by atoms with Gasteiger partial charge in [0.15, 0.2) is 9.84 Å². The second kappa shape index (κ2) is 5.07. The van der Waals surface area contributed by atoms with E-state index in [1.807, 2.05) is 0 Å². The van der Waals surface area contributed by atoms with Crippen molar-refractivity contribution in [3.05, 3.63) is 42.0 Å². The van der Waals surface area contributed by atoms with Crippen LogP contribution in [0, 0.1) is 0 Å². The lowest BCUT2D eigenvalue weighted by molar-refractivity contribution is -0.104. The summed E-state index contributed by atoms with van der Waals surface area (Å²) < 4.78 is 24.0. The van der Waals surface area contributed by atoms with Crippen LogP contribution in [0.4, 0.5) is 0 Å². The first kappa shape index (κ1) is 12.6. The molecule has 1 aromatic carbocycles. The first-order chi connectivity index (χ1) is 7.48. The molecular formula is C12H14O3S. The number of benzene rings is 1. The van der Waals surface area contributed by atoms with Gasteiger partial charge in [0.2, 0.25) is 0 Å². The van der Waals surface area contributed by atoms with E-state index in [1.54, 1.807) is 44.2 Å².